The molecule has 0 radical (unpaired) electrons. The lowest BCUT2D eigenvalue weighted by Crippen LogP contribution is -2.32. The molecule has 3 N–H and O–H groups in total. The summed E-state index contributed by atoms with van der Waals surface area (Å²) >= 11 is 1.52. The number of carbonyl (C=O) groups excluding carboxylic acids is 1. The van der Waals surface area contributed by atoms with Crippen molar-refractivity contribution in [3.8, 4) is 5.69 Å². The largest absolute Gasteiger partial charge is 0.381 e. The Balaban J connectivity index is 1.47. The molecule has 0 bridgehead atoms. The van der Waals surface area contributed by atoms with E-state index in [1.165, 1.54) is 15.9 Å². The maximum atomic E-state index is 14.1. The van der Waals surface area contributed by atoms with Gasteiger partial charge in [-0.25, -0.2) is 14.5 Å². The molecule has 2 aromatic carbocycles. The number of nitrogens with zero attached hydrogens (tertiary/aromatic N) is 5. The van der Waals surface area contributed by atoms with Crippen molar-refractivity contribution in [2.45, 2.75) is 13.0 Å². The second kappa shape index (κ2) is 9.99. The van der Waals surface area contributed by atoms with E-state index in [1.807, 2.05) is 79.1 Å². The van der Waals surface area contributed by atoms with Gasteiger partial charge in [0.25, 0.3) is 11.5 Å². The monoisotopic (exact) mass is 533 g/mol. The minimum atomic E-state index is -0.553. The highest BCUT2D eigenvalue weighted by Gasteiger charge is 2.23. The zero-order valence-corrected chi connectivity index (χ0v) is 21.7. The highest BCUT2D eigenvalue weighted by atomic mass is 32.1. The van der Waals surface area contributed by atoms with Crippen LogP contribution in [0.4, 0.5) is 5.82 Å². The highest BCUT2D eigenvalue weighted by Crippen LogP contribution is 2.25. The van der Waals surface area contributed by atoms with E-state index in [4.69, 9.17) is 5.73 Å². The average molecular weight is 534 g/mol. The molecule has 0 saturated heterocycles. The van der Waals surface area contributed by atoms with Crippen LogP contribution in [0.1, 0.15) is 39.6 Å². The van der Waals surface area contributed by atoms with Gasteiger partial charge in [0.15, 0.2) is 11.5 Å². The molecule has 39 heavy (non-hydrogen) atoms. The van der Waals surface area contributed by atoms with E-state index in [9.17, 15) is 9.59 Å². The number of nitrogens with two attached hydrogens (primary N) is 1. The second-order valence-electron chi connectivity index (χ2n) is 8.90. The summed E-state index contributed by atoms with van der Waals surface area (Å²) in [6.45, 7) is 1.83. The SMILES string of the molecule is C[C@H](NC(=O)c1c(N)nn2cccnc12)c1cc2cccc(/C=C/c3nccs3)c2c(=O)n1-c1ccccc1. The maximum Gasteiger partial charge on any atom is 0.263 e. The van der Waals surface area contributed by atoms with E-state index >= 15 is 0 Å². The van der Waals surface area contributed by atoms with Gasteiger partial charge in [-0.1, -0.05) is 42.5 Å². The Labute approximate surface area is 226 Å². The van der Waals surface area contributed by atoms with Crippen LogP contribution in [0.2, 0.25) is 0 Å². The quantitative estimate of drug-likeness (QED) is 0.319. The van der Waals surface area contributed by atoms with Crippen LogP contribution in [0.5, 0.6) is 0 Å². The van der Waals surface area contributed by atoms with Crippen LogP contribution in [0.25, 0.3) is 34.3 Å². The van der Waals surface area contributed by atoms with Gasteiger partial charge in [0.1, 0.15) is 10.6 Å². The predicted octanol–water partition coefficient (Wildman–Crippen LogP) is 4.73. The van der Waals surface area contributed by atoms with E-state index in [0.29, 0.717) is 22.4 Å². The van der Waals surface area contributed by atoms with Crippen molar-refractivity contribution in [2.24, 2.45) is 0 Å². The number of nitrogen functional groups attached to an aromatic ring is 1. The van der Waals surface area contributed by atoms with Crippen molar-refractivity contribution in [3.05, 3.63) is 117 Å². The maximum absolute atomic E-state index is 14.1. The van der Waals surface area contributed by atoms with E-state index in [2.05, 4.69) is 20.4 Å². The standard InChI is InChI=1S/C29H23N7O2S/c1-18(33-28(37)25-26(30)34-35-15-6-13-32-27(25)35)22-17-20-8-5-7-19(11-12-23-31-14-16-39-23)24(20)29(38)36(22)21-9-3-2-4-10-21/h2-18H,1H3,(H2,30,34)(H,33,37)/b12-11+/t18-/m0/s1. The Kier molecular flexibility index (Phi) is 6.22. The Hall–Kier alpha value is -5.09. The van der Waals surface area contributed by atoms with Crippen LogP contribution in [0, 0.1) is 0 Å². The molecule has 0 aliphatic heterocycles. The lowest BCUT2D eigenvalue weighted by Gasteiger charge is -2.21. The molecule has 0 spiro atoms. The number of hydrogen-bond acceptors (Lipinski definition) is 7. The topological polar surface area (TPSA) is 120 Å². The number of fused-ring (bicyclic) bond motifs is 2. The fourth-order valence-corrected chi connectivity index (χ4v) is 5.18. The van der Waals surface area contributed by atoms with Gasteiger partial charge in [-0.3, -0.25) is 14.2 Å². The van der Waals surface area contributed by atoms with Crippen LogP contribution < -0.4 is 16.6 Å². The summed E-state index contributed by atoms with van der Waals surface area (Å²) < 4.78 is 3.11. The number of hydrogen-bond donors (Lipinski definition) is 2. The summed E-state index contributed by atoms with van der Waals surface area (Å²) in [6, 6.07) is 18.2. The lowest BCUT2D eigenvalue weighted by molar-refractivity contribution is 0.0941. The van der Waals surface area contributed by atoms with Crippen molar-refractivity contribution < 1.29 is 4.79 Å². The van der Waals surface area contributed by atoms with Crippen LogP contribution in [0.3, 0.4) is 0 Å². The number of carbonyl (C=O) groups is 1. The van der Waals surface area contributed by atoms with Gasteiger partial charge in [-0.15, -0.1) is 16.4 Å². The van der Waals surface area contributed by atoms with Crippen molar-refractivity contribution in [1.29, 1.82) is 0 Å². The van der Waals surface area contributed by atoms with Gasteiger partial charge >= 0.3 is 0 Å². The summed E-state index contributed by atoms with van der Waals surface area (Å²) in [5.41, 5.74) is 8.52. The molecule has 4 aromatic heterocycles. The molecule has 0 aliphatic rings. The summed E-state index contributed by atoms with van der Waals surface area (Å²) in [4.78, 5) is 36.1. The first-order chi connectivity index (χ1) is 19.0. The molecule has 0 unspecified atom stereocenters. The highest BCUT2D eigenvalue weighted by molar-refractivity contribution is 7.10. The minimum Gasteiger partial charge on any atom is -0.381 e. The van der Waals surface area contributed by atoms with E-state index < -0.39 is 11.9 Å². The summed E-state index contributed by atoms with van der Waals surface area (Å²) in [5, 5.41) is 11.3. The minimum absolute atomic E-state index is 0.0778. The number of para-hydroxylation sites is 1. The lowest BCUT2D eigenvalue weighted by atomic mass is 10.0. The van der Waals surface area contributed by atoms with Gasteiger partial charge in [-0.05, 0) is 48.2 Å². The van der Waals surface area contributed by atoms with E-state index in [0.717, 1.165) is 16.0 Å². The predicted molar refractivity (Wildman–Crippen MR) is 154 cm³/mol. The normalized spacial score (nSPS) is 12.3. The molecule has 0 fully saturated rings. The molecule has 0 aliphatic carbocycles. The van der Waals surface area contributed by atoms with Crippen LogP contribution >= 0.6 is 11.3 Å². The summed E-state index contributed by atoms with van der Waals surface area (Å²) in [5.74, 6) is -0.352. The number of anilines is 1. The second-order valence-corrected chi connectivity index (χ2v) is 9.83. The number of aromatic nitrogens is 5. The molecule has 4 heterocycles. The molecular formula is C29H23N7O2S. The van der Waals surface area contributed by atoms with Crippen LogP contribution in [-0.2, 0) is 0 Å². The molecule has 1 amide bonds. The molecule has 1 atom stereocenters. The van der Waals surface area contributed by atoms with Crippen molar-refractivity contribution in [2.75, 3.05) is 5.73 Å². The average Bonchev–Trinajstić information content (AvgIpc) is 3.59. The summed E-state index contributed by atoms with van der Waals surface area (Å²) in [7, 11) is 0. The number of nitrogens with one attached hydrogen (secondary N) is 1. The third kappa shape index (κ3) is 4.47. The Morgan fingerprint density at radius 1 is 1.05 bits per heavy atom. The molecular weight excluding hydrogens is 510 g/mol. The van der Waals surface area contributed by atoms with Gasteiger partial charge < -0.3 is 11.1 Å². The zero-order chi connectivity index (χ0) is 26.9. The first-order valence-electron chi connectivity index (χ1n) is 12.2. The molecule has 0 saturated carbocycles. The fraction of sp³-hybridized carbons (Fsp3) is 0.0690. The fourth-order valence-electron chi connectivity index (χ4n) is 4.65. The zero-order valence-electron chi connectivity index (χ0n) is 20.9. The molecule has 6 aromatic rings. The van der Waals surface area contributed by atoms with Crippen molar-refractivity contribution in [3.63, 3.8) is 0 Å². The number of rotatable bonds is 6. The third-order valence-electron chi connectivity index (χ3n) is 6.42. The molecule has 9 nitrogen and oxygen atoms in total. The van der Waals surface area contributed by atoms with E-state index in [1.54, 1.807) is 29.2 Å². The van der Waals surface area contributed by atoms with E-state index in [-0.39, 0.29) is 16.9 Å². The number of pyridine rings is 1. The van der Waals surface area contributed by atoms with Gasteiger partial charge in [0, 0.05) is 35.4 Å². The van der Waals surface area contributed by atoms with Crippen molar-refractivity contribution in [1.82, 2.24) is 29.5 Å². The van der Waals surface area contributed by atoms with Crippen LogP contribution in [0.15, 0.2) is 89.4 Å². The van der Waals surface area contributed by atoms with Gasteiger partial charge in [0.2, 0.25) is 0 Å². The first-order valence-corrected chi connectivity index (χ1v) is 13.1. The number of thiazole rings is 1. The summed E-state index contributed by atoms with van der Waals surface area (Å²) in [6.07, 6.45) is 8.80. The first kappa shape index (κ1) is 24.3. The van der Waals surface area contributed by atoms with Crippen LogP contribution in [-0.4, -0.2) is 30.1 Å². The number of benzene rings is 2. The van der Waals surface area contributed by atoms with Crippen molar-refractivity contribution >= 4 is 51.6 Å². The molecule has 192 valence electrons. The molecule has 6 rings (SSSR count). The number of amides is 1. The van der Waals surface area contributed by atoms with Gasteiger partial charge in [-0.2, -0.15) is 0 Å². The molecule has 10 heteroatoms. The smallest absolute Gasteiger partial charge is 0.263 e. The third-order valence-corrected chi connectivity index (χ3v) is 7.16. The Bertz CT molecular complexity index is 1910. The Morgan fingerprint density at radius 3 is 2.69 bits per heavy atom. The Morgan fingerprint density at radius 2 is 1.90 bits per heavy atom. The van der Waals surface area contributed by atoms with Gasteiger partial charge in [0.05, 0.1) is 11.4 Å².